The lowest BCUT2D eigenvalue weighted by atomic mass is 10.1. The summed E-state index contributed by atoms with van der Waals surface area (Å²) in [7, 11) is 0. The molecule has 4 nitrogen and oxygen atoms in total. The minimum Gasteiger partial charge on any atom is -0.315 e. The number of hydrogen-bond acceptors (Lipinski definition) is 4. The zero-order chi connectivity index (χ0) is 15.7. The van der Waals surface area contributed by atoms with Crippen molar-refractivity contribution in [2.45, 2.75) is 20.3 Å². The summed E-state index contributed by atoms with van der Waals surface area (Å²) in [4.78, 5) is 16.6. The van der Waals surface area contributed by atoms with E-state index in [2.05, 4.69) is 14.7 Å². The number of nitrogens with zero attached hydrogens (tertiary/aromatic N) is 2. The SMILES string of the molecule is Cc1ccc2cc(CC(=O)Nc3snc(C)c3Cl)ccc2n1. The summed E-state index contributed by atoms with van der Waals surface area (Å²) in [6.07, 6.45) is 0.289. The molecule has 22 heavy (non-hydrogen) atoms. The van der Waals surface area contributed by atoms with E-state index < -0.39 is 0 Å². The molecule has 3 aromatic rings. The van der Waals surface area contributed by atoms with Gasteiger partial charge in [0.2, 0.25) is 5.91 Å². The van der Waals surface area contributed by atoms with Crippen LogP contribution in [0.3, 0.4) is 0 Å². The van der Waals surface area contributed by atoms with Crippen molar-refractivity contribution in [3.63, 3.8) is 0 Å². The molecular weight excluding hydrogens is 318 g/mol. The molecule has 112 valence electrons. The molecule has 1 amide bonds. The van der Waals surface area contributed by atoms with E-state index in [0.717, 1.165) is 27.9 Å². The van der Waals surface area contributed by atoms with Crippen LogP contribution in [0, 0.1) is 13.8 Å². The number of nitrogens with one attached hydrogen (secondary N) is 1. The van der Waals surface area contributed by atoms with Crippen molar-refractivity contribution in [2.75, 3.05) is 5.32 Å². The third-order valence-electron chi connectivity index (χ3n) is 3.30. The van der Waals surface area contributed by atoms with Gasteiger partial charge >= 0.3 is 0 Å². The highest BCUT2D eigenvalue weighted by Crippen LogP contribution is 2.29. The van der Waals surface area contributed by atoms with E-state index >= 15 is 0 Å². The zero-order valence-electron chi connectivity index (χ0n) is 12.2. The summed E-state index contributed by atoms with van der Waals surface area (Å²) in [5.74, 6) is -0.107. The van der Waals surface area contributed by atoms with Crippen LogP contribution in [-0.4, -0.2) is 15.3 Å². The van der Waals surface area contributed by atoms with Crippen LogP contribution in [0.1, 0.15) is 17.0 Å². The van der Waals surface area contributed by atoms with Gasteiger partial charge in [-0.25, -0.2) is 0 Å². The van der Waals surface area contributed by atoms with E-state index in [0.29, 0.717) is 10.0 Å². The normalized spacial score (nSPS) is 10.9. The van der Waals surface area contributed by atoms with E-state index in [1.54, 1.807) is 0 Å². The highest BCUT2D eigenvalue weighted by Gasteiger charge is 2.12. The number of carbonyl (C=O) groups excluding carboxylic acids is 1. The molecule has 0 fully saturated rings. The van der Waals surface area contributed by atoms with Crippen LogP contribution in [0.25, 0.3) is 10.9 Å². The van der Waals surface area contributed by atoms with Gasteiger partial charge in [0, 0.05) is 11.1 Å². The summed E-state index contributed by atoms with van der Waals surface area (Å²) < 4.78 is 4.11. The monoisotopic (exact) mass is 331 g/mol. The number of benzene rings is 1. The minimum absolute atomic E-state index is 0.107. The molecule has 0 aliphatic rings. The number of pyridine rings is 1. The fourth-order valence-corrected chi connectivity index (χ4v) is 3.13. The first-order valence-electron chi connectivity index (χ1n) is 6.81. The molecule has 6 heteroatoms. The lowest BCUT2D eigenvalue weighted by Gasteiger charge is -2.05. The summed E-state index contributed by atoms with van der Waals surface area (Å²) in [6.45, 7) is 3.77. The van der Waals surface area contributed by atoms with E-state index in [1.807, 2.05) is 44.2 Å². The molecule has 0 saturated carbocycles. The maximum atomic E-state index is 12.1. The molecule has 0 aliphatic heterocycles. The molecule has 0 radical (unpaired) electrons. The van der Waals surface area contributed by atoms with E-state index in [1.165, 1.54) is 11.5 Å². The van der Waals surface area contributed by atoms with Crippen molar-refractivity contribution in [3.8, 4) is 0 Å². The number of aromatic nitrogens is 2. The molecule has 0 aliphatic carbocycles. The Morgan fingerprint density at radius 1 is 1.27 bits per heavy atom. The van der Waals surface area contributed by atoms with Gasteiger partial charge in [0.25, 0.3) is 0 Å². The Labute approximate surface area is 137 Å². The summed E-state index contributed by atoms with van der Waals surface area (Å²) in [6, 6.07) is 9.83. The molecule has 2 heterocycles. The lowest BCUT2D eigenvalue weighted by molar-refractivity contribution is -0.115. The van der Waals surface area contributed by atoms with E-state index in [9.17, 15) is 4.79 Å². The molecule has 1 aromatic carbocycles. The largest absolute Gasteiger partial charge is 0.315 e. The van der Waals surface area contributed by atoms with E-state index in [-0.39, 0.29) is 12.3 Å². The molecule has 2 aromatic heterocycles. The number of aryl methyl sites for hydroxylation is 2. The maximum absolute atomic E-state index is 12.1. The molecule has 0 unspecified atom stereocenters. The van der Waals surface area contributed by atoms with Crippen molar-refractivity contribution in [2.24, 2.45) is 0 Å². The van der Waals surface area contributed by atoms with Gasteiger partial charge in [0.1, 0.15) is 5.00 Å². The molecule has 0 saturated heterocycles. The van der Waals surface area contributed by atoms with Gasteiger partial charge in [-0.1, -0.05) is 23.7 Å². The van der Waals surface area contributed by atoms with Crippen molar-refractivity contribution in [3.05, 3.63) is 52.3 Å². The van der Waals surface area contributed by atoms with Gasteiger partial charge < -0.3 is 5.32 Å². The Morgan fingerprint density at radius 2 is 2.09 bits per heavy atom. The quantitative estimate of drug-likeness (QED) is 0.784. The van der Waals surface area contributed by atoms with Gasteiger partial charge in [0.15, 0.2) is 0 Å². The summed E-state index contributed by atoms with van der Waals surface area (Å²) in [5.41, 5.74) is 3.58. The predicted octanol–water partition coefficient (Wildman–Crippen LogP) is 4.14. The number of fused-ring (bicyclic) bond motifs is 1. The first kappa shape index (κ1) is 14.9. The van der Waals surface area contributed by atoms with Crippen LogP contribution >= 0.6 is 23.1 Å². The second-order valence-electron chi connectivity index (χ2n) is 5.12. The Kier molecular flexibility index (Phi) is 4.09. The van der Waals surface area contributed by atoms with Gasteiger partial charge in [-0.15, -0.1) is 0 Å². The van der Waals surface area contributed by atoms with E-state index in [4.69, 9.17) is 11.6 Å². The molecule has 0 spiro atoms. The van der Waals surface area contributed by atoms with Crippen LogP contribution in [0.15, 0.2) is 30.3 Å². The van der Waals surface area contributed by atoms with Gasteiger partial charge in [-0.2, -0.15) is 4.37 Å². The topological polar surface area (TPSA) is 54.9 Å². The van der Waals surface area contributed by atoms with Crippen molar-refractivity contribution >= 4 is 44.9 Å². The Morgan fingerprint density at radius 3 is 2.82 bits per heavy atom. The molecule has 3 rings (SSSR count). The smallest absolute Gasteiger partial charge is 0.229 e. The molecule has 0 bridgehead atoms. The fraction of sp³-hybridized carbons (Fsp3) is 0.188. The van der Waals surface area contributed by atoms with Crippen molar-refractivity contribution < 1.29 is 4.79 Å². The van der Waals surface area contributed by atoms with Crippen LogP contribution in [0.2, 0.25) is 5.02 Å². The second-order valence-corrected chi connectivity index (χ2v) is 6.27. The average Bonchev–Trinajstić information content (AvgIpc) is 2.79. The van der Waals surface area contributed by atoms with Gasteiger partial charge in [-0.3, -0.25) is 9.78 Å². The van der Waals surface area contributed by atoms with Crippen LogP contribution in [0.4, 0.5) is 5.00 Å². The molecule has 0 atom stereocenters. The first-order chi connectivity index (χ1) is 10.5. The average molecular weight is 332 g/mol. The van der Waals surface area contributed by atoms with Crippen molar-refractivity contribution in [1.29, 1.82) is 0 Å². The predicted molar refractivity (Wildman–Crippen MR) is 90.7 cm³/mol. The van der Waals surface area contributed by atoms with Crippen molar-refractivity contribution in [1.82, 2.24) is 9.36 Å². The zero-order valence-corrected chi connectivity index (χ0v) is 13.8. The third kappa shape index (κ3) is 3.10. The van der Waals surface area contributed by atoms with Gasteiger partial charge in [0.05, 0.1) is 22.7 Å². The second kappa shape index (κ2) is 6.02. The fourth-order valence-electron chi connectivity index (χ4n) is 2.18. The highest BCUT2D eigenvalue weighted by atomic mass is 35.5. The van der Waals surface area contributed by atoms with Crippen LogP contribution in [0.5, 0.6) is 0 Å². The Balaban J connectivity index is 1.76. The molecule has 1 N–H and O–H groups in total. The Bertz CT molecular complexity index is 860. The first-order valence-corrected chi connectivity index (χ1v) is 7.96. The lowest BCUT2D eigenvalue weighted by Crippen LogP contribution is -2.13. The third-order valence-corrected chi connectivity index (χ3v) is 4.73. The number of hydrogen-bond donors (Lipinski definition) is 1. The number of anilines is 1. The number of rotatable bonds is 3. The van der Waals surface area contributed by atoms with Gasteiger partial charge in [-0.05, 0) is 49.1 Å². The molecular formula is C16H14ClN3OS. The minimum atomic E-state index is -0.107. The summed E-state index contributed by atoms with van der Waals surface area (Å²) in [5, 5.41) is 4.95. The highest BCUT2D eigenvalue weighted by molar-refractivity contribution is 7.11. The number of carbonyl (C=O) groups is 1. The number of amides is 1. The van der Waals surface area contributed by atoms with Crippen LogP contribution < -0.4 is 5.32 Å². The number of halogens is 1. The maximum Gasteiger partial charge on any atom is 0.229 e. The summed E-state index contributed by atoms with van der Waals surface area (Å²) >= 11 is 7.27. The van der Waals surface area contributed by atoms with Crippen LogP contribution in [-0.2, 0) is 11.2 Å². The Hall–Kier alpha value is -1.98. The standard InChI is InChI=1S/C16H14ClN3OS/c1-9-3-5-12-7-11(4-6-13(12)18-9)8-14(21)19-16-15(17)10(2)20-22-16/h3-7H,8H2,1-2H3,(H,19,21).